The third-order valence-electron chi connectivity index (χ3n) is 11.3. The lowest BCUT2D eigenvalue weighted by Crippen LogP contribution is -2.36. The van der Waals surface area contributed by atoms with Crippen LogP contribution in [0, 0.1) is 0 Å². The van der Waals surface area contributed by atoms with Gasteiger partial charge < -0.3 is 4.90 Å². The van der Waals surface area contributed by atoms with Gasteiger partial charge in [0, 0.05) is 22.4 Å². The Morgan fingerprint density at radius 2 is 0.963 bits per heavy atom. The summed E-state index contributed by atoms with van der Waals surface area (Å²) in [6.45, 7) is 0. The Balaban J connectivity index is 1.23. The van der Waals surface area contributed by atoms with Crippen molar-refractivity contribution in [3.8, 4) is 45.0 Å². The summed E-state index contributed by atoms with van der Waals surface area (Å²) in [5.41, 5.74) is 15.5. The van der Waals surface area contributed by atoms with Gasteiger partial charge in [0.15, 0.2) is 5.82 Å². The Labute approximate surface area is 314 Å². The summed E-state index contributed by atoms with van der Waals surface area (Å²) < 4.78 is 0. The van der Waals surface area contributed by atoms with Crippen LogP contribution in [-0.2, 0) is 5.41 Å². The maximum atomic E-state index is 5.28. The minimum atomic E-state index is -0.583. The Morgan fingerprint density at radius 3 is 1.67 bits per heavy atom. The molecule has 11 rings (SSSR count). The van der Waals surface area contributed by atoms with Crippen molar-refractivity contribution in [1.29, 1.82) is 0 Å². The molecule has 252 valence electrons. The van der Waals surface area contributed by atoms with E-state index in [4.69, 9.17) is 9.97 Å². The lowest BCUT2D eigenvalue weighted by atomic mass is 9.64. The van der Waals surface area contributed by atoms with Crippen LogP contribution >= 0.6 is 0 Å². The molecule has 0 bridgehead atoms. The molecule has 0 saturated heterocycles. The number of hydrogen-bond donors (Lipinski definition) is 0. The fraction of sp³-hybridized carbons (Fsp3) is 0.0196. The number of para-hydroxylation sites is 3. The lowest BCUT2D eigenvalue weighted by molar-refractivity contribution is 0.753. The second kappa shape index (κ2) is 12.0. The van der Waals surface area contributed by atoms with E-state index in [-0.39, 0.29) is 0 Å². The predicted octanol–water partition coefficient (Wildman–Crippen LogP) is 12.8. The lowest BCUT2D eigenvalue weighted by Gasteiger charge is -2.45. The van der Waals surface area contributed by atoms with Gasteiger partial charge in [-0.05, 0) is 80.6 Å². The first-order chi connectivity index (χ1) is 26.8. The molecule has 0 saturated carbocycles. The van der Waals surface area contributed by atoms with Crippen molar-refractivity contribution in [1.82, 2.24) is 9.97 Å². The second-order valence-electron chi connectivity index (χ2n) is 14.1. The molecule has 2 aliphatic rings. The molecule has 0 radical (unpaired) electrons. The third-order valence-corrected chi connectivity index (χ3v) is 11.3. The summed E-state index contributed by atoms with van der Waals surface area (Å²) in [5, 5.41) is 2.50. The van der Waals surface area contributed by atoms with Crippen molar-refractivity contribution in [2.45, 2.75) is 5.41 Å². The minimum absolute atomic E-state index is 0.583. The van der Waals surface area contributed by atoms with Crippen LogP contribution in [0.1, 0.15) is 22.3 Å². The van der Waals surface area contributed by atoms with E-state index in [0.29, 0.717) is 5.82 Å². The Bertz CT molecular complexity index is 2780. The van der Waals surface area contributed by atoms with E-state index in [9.17, 15) is 0 Å². The first-order valence-electron chi connectivity index (χ1n) is 18.5. The zero-order chi connectivity index (χ0) is 35.6. The molecule has 3 heteroatoms. The molecule has 0 fully saturated rings. The van der Waals surface area contributed by atoms with Crippen molar-refractivity contribution in [3.63, 3.8) is 0 Å². The first-order valence-corrected chi connectivity index (χ1v) is 18.5. The average molecular weight is 688 g/mol. The molecule has 0 unspecified atom stereocenters. The zero-order valence-electron chi connectivity index (χ0n) is 29.4. The van der Waals surface area contributed by atoms with E-state index in [0.717, 1.165) is 33.8 Å². The van der Waals surface area contributed by atoms with E-state index >= 15 is 0 Å². The number of nitrogens with zero attached hydrogens (tertiary/aromatic N) is 3. The number of rotatable bonds is 4. The number of benzene rings is 8. The summed E-state index contributed by atoms with van der Waals surface area (Å²) in [6, 6.07) is 72.1. The van der Waals surface area contributed by atoms with Crippen LogP contribution in [0.2, 0.25) is 0 Å². The topological polar surface area (TPSA) is 29.0 Å². The normalized spacial score (nSPS) is 13.3. The van der Waals surface area contributed by atoms with Crippen molar-refractivity contribution >= 4 is 27.8 Å². The van der Waals surface area contributed by atoms with Gasteiger partial charge in [0.25, 0.3) is 0 Å². The summed E-state index contributed by atoms with van der Waals surface area (Å²) in [6.07, 6.45) is 0. The van der Waals surface area contributed by atoms with E-state index in [2.05, 4.69) is 181 Å². The van der Waals surface area contributed by atoms with Gasteiger partial charge in [0.1, 0.15) is 0 Å². The van der Waals surface area contributed by atoms with Crippen LogP contribution in [0.15, 0.2) is 200 Å². The molecule has 8 aromatic carbocycles. The van der Waals surface area contributed by atoms with Gasteiger partial charge in [-0.1, -0.05) is 164 Å². The van der Waals surface area contributed by atoms with Gasteiger partial charge in [0.2, 0.25) is 0 Å². The third kappa shape index (κ3) is 4.42. The highest BCUT2D eigenvalue weighted by atomic mass is 15.2. The van der Waals surface area contributed by atoms with E-state index < -0.39 is 5.41 Å². The van der Waals surface area contributed by atoms with Crippen molar-refractivity contribution in [2.24, 2.45) is 0 Å². The fourth-order valence-corrected chi connectivity index (χ4v) is 9.00. The molecule has 9 aromatic rings. The van der Waals surface area contributed by atoms with Crippen LogP contribution in [-0.4, -0.2) is 9.97 Å². The Morgan fingerprint density at radius 1 is 0.389 bits per heavy atom. The Hall–Kier alpha value is -7.10. The molecule has 0 N–H and O–H groups in total. The van der Waals surface area contributed by atoms with Crippen LogP contribution < -0.4 is 4.90 Å². The van der Waals surface area contributed by atoms with E-state index in [1.54, 1.807) is 0 Å². The van der Waals surface area contributed by atoms with Gasteiger partial charge in [-0.3, -0.25) is 0 Å². The van der Waals surface area contributed by atoms with Crippen molar-refractivity contribution in [2.75, 3.05) is 4.90 Å². The summed E-state index contributed by atoms with van der Waals surface area (Å²) in [5.74, 6) is 0.711. The number of aromatic nitrogens is 2. The first kappa shape index (κ1) is 30.5. The average Bonchev–Trinajstić information content (AvgIpc) is 3.55. The molecule has 1 aromatic heterocycles. The van der Waals surface area contributed by atoms with Gasteiger partial charge in [0.05, 0.1) is 28.2 Å². The van der Waals surface area contributed by atoms with Gasteiger partial charge in [-0.25, -0.2) is 9.97 Å². The highest BCUT2D eigenvalue weighted by Crippen LogP contribution is 2.64. The largest absolute Gasteiger partial charge is 0.310 e. The fourth-order valence-electron chi connectivity index (χ4n) is 9.00. The van der Waals surface area contributed by atoms with E-state index in [1.165, 1.54) is 55.5 Å². The molecular weight excluding hydrogens is 655 g/mol. The molecule has 1 aliphatic heterocycles. The molecule has 1 aliphatic carbocycles. The quantitative estimate of drug-likeness (QED) is 0.184. The molecule has 0 atom stereocenters. The molecule has 54 heavy (non-hydrogen) atoms. The molecular formula is C51H33N3. The smallest absolute Gasteiger partial charge is 0.160 e. The number of hydrogen-bond acceptors (Lipinski definition) is 3. The Kier molecular flexibility index (Phi) is 6.77. The summed E-state index contributed by atoms with van der Waals surface area (Å²) >= 11 is 0. The standard InChI is InChI=1S/C51H33N3/c1-4-17-35(18-5-1)45-33-46(53-50(52-45)36-19-6-2-7-20-36)37-28-30-40-44(32-37)51(43-31-29-34-16-10-11-23-39(34)49(40)43)41-24-12-14-26-47(41)54(38-21-8-3-9-22-38)48-27-15-13-25-42(48)51/h1-33H. The zero-order valence-corrected chi connectivity index (χ0v) is 29.4. The molecule has 3 nitrogen and oxygen atoms in total. The molecule has 0 amide bonds. The van der Waals surface area contributed by atoms with Crippen LogP contribution in [0.25, 0.3) is 55.8 Å². The van der Waals surface area contributed by atoms with Crippen LogP contribution in [0.4, 0.5) is 17.1 Å². The van der Waals surface area contributed by atoms with Crippen molar-refractivity contribution in [3.05, 3.63) is 222 Å². The van der Waals surface area contributed by atoms with Crippen molar-refractivity contribution < 1.29 is 0 Å². The van der Waals surface area contributed by atoms with Gasteiger partial charge in [-0.2, -0.15) is 0 Å². The van der Waals surface area contributed by atoms with Gasteiger partial charge in [-0.15, -0.1) is 0 Å². The molecule has 1 spiro atoms. The predicted molar refractivity (Wildman–Crippen MR) is 221 cm³/mol. The van der Waals surface area contributed by atoms with Gasteiger partial charge >= 0.3 is 0 Å². The number of anilines is 3. The second-order valence-corrected chi connectivity index (χ2v) is 14.1. The monoisotopic (exact) mass is 687 g/mol. The SMILES string of the molecule is c1ccc(-c2cc(-c3ccc4c(c3)C3(c5ccccc5N(c5ccccc5)c5ccccc53)c3ccc5ccccc5c3-4)nc(-c3ccccc3)n2)cc1. The van der Waals surface area contributed by atoms with Crippen LogP contribution in [0.5, 0.6) is 0 Å². The highest BCUT2D eigenvalue weighted by molar-refractivity contribution is 6.06. The number of fused-ring (bicyclic) bond motifs is 11. The van der Waals surface area contributed by atoms with E-state index in [1.807, 2.05) is 24.3 Å². The highest BCUT2D eigenvalue weighted by Gasteiger charge is 2.52. The minimum Gasteiger partial charge on any atom is -0.310 e. The maximum absolute atomic E-state index is 5.28. The molecule has 2 heterocycles. The summed E-state index contributed by atoms with van der Waals surface area (Å²) in [4.78, 5) is 12.8. The van der Waals surface area contributed by atoms with Crippen LogP contribution in [0.3, 0.4) is 0 Å². The maximum Gasteiger partial charge on any atom is 0.160 e. The summed E-state index contributed by atoms with van der Waals surface area (Å²) in [7, 11) is 0.